The van der Waals surface area contributed by atoms with Crippen molar-refractivity contribution in [3.05, 3.63) is 72.3 Å². The quantitative estimate of drug-likeness (QED) is 0.714. The van der Waals surface area contributed by atoms with Crippen molar-refractivity contribution in [2.24, 2.45) is 0 Å². The third kappa shape index (κ3) is 3.57. The van der Waals surface area contributed by atoms with Crippen molar-refractivity contribution in [2.75, 3.05) is 26.2 Å². The molecule has 3 heterocycles. The molecule has 0 saturated carbocycles. The lowest BCUT2D eigenvalue weighted by atomic mass is 10.1. The van der Waals surface area contributed by atoms with Crippen molar-refractivity contribution in [3.63, 3.8) is 0 Å². The van der Waals surface area contributed by atoms with Gasteiger partial charge >= 0.3 is 0 Å². The van der Waals surface area contributed by atoms with Crippen LogP contribution in [0.25, 0.3) is 11.3 Å². The van der Waals surface area contributed by atoms with Crippen LogP contribution in [-0.2, 0) is 0 Å². The third-order valence-electron chi connectivity index (χ3n) is 4.54. The van der Waals surface area contributed by atoms with Crippen molar-refractivity contribution in [3.8, 4) is 11.3 Å². The van der Waals surface area contributed by atoms with Crippen LogP contribution in [0, 0.1) is 0 Å². The van der Waals surface area contributed by atoms with E-state index < -0.39 is 0 Å². The molecule has 0 bridgehead atoms. The van der Waals surface area contributed by atoms with Crippen LogP contribution in [0.3, 0.4) is 0 Å². The summed E-state index contributed by atoms with van der Waals surface area (Å²) in [5.41, 5.74) is 1.98. The van der Waals surface area contributed by atoms with Crippen LogP contribution in [0.15, 0.2) is 65.3 Å². The van der Waals surface area contributed by atoms with Gasteiger partial charge in [-0.15, -0.1) is 10.2 Å². The van der Waals surface area contributed by atoms with Crippen LogP contribution in [0.1, 0.15) is 21.0 Å². The number of furan rings is 1. The van der Waals surface area contributed by atoms with Crippen molar-refractivity contribution in [2.45, 2.75) is 0 Å². The van der Waals surface area contributed by atoms with E-state index in [-0.39, 0.29) is 11.8 Å². The number of hydrogen-bond acceptors (Lipinski definition) is 5. The Morgan fingerprint density at radius 1 is 0.778 bits per heavy atom. The van der Waals surface area contributed by atoms with Crippen molar-refractivity contribution >= 4 is 11.8 Å². The van der Waals surface area contributed by atoms with Gasteiger partial charge in [0.05, 0.1) is 12.0 Å². The summed E-state index contributed by atoms with van der Waals surface area (Å²) in [7, 11) is 0. The zero-order chi connectivity index (χ0) is 18.6. The molecule has 0 spiro atoms. The van der Waals surface area contributed by atoms with E-state index in [0.717, 1.165) is 11.3 Å². The lowest BCUT2D eigenvalue weighted by Crippen LogP contribution is -2.50. The molecule has 7 heteroatoms. The van der Waals surface area contributed by atoms with Crippen LogP contribution in [0.4, 0.5) is 0 Å². The topological polar surface area (TPSA) is 79.5 Å². The third-order valence-corrected chi connectivity index (χ3v) is 4.54. The highest BCUT2D eigenvalue weighted by atomic mass is 16.3. The Labute approximate surface area is 156 Å². The Balaban J connectivity index is 1.39. The molecule has 27 heavy (non-hydrogen) atoms. The lowest BCUT2D eigenvalue weighted by Gasteiger charge is -2.34. The number of amides is 2. The minimum absolute atomic E-state index is 0.154. The number of hydrogen-bond donors (Lipinski definition) is 0. The molecule has 0 unspecified atom stereocenters. The maximum atomic E-state index is 12.7. The molecular weight excluding hydrogens is 344 g/mol. The van der Waals surface area contributed by atoms with Gasteiger partial charge in [0.25, 0.3) is 11.8 Å². The van der Waals surface area contributed by atoms with Gasteiger partial charge in [0.2, 0.25) is 0 Å². The zero-order valence-corrected chi connectivity index (χ0v) is 14.6. The summed E-state index contributed by atoms with van der Waals surface area (Å²) in [5, 5.41) is 8.26. The summed E-state index contributed by atoms with van der Waals surface area (Å²) in [4.78, 5) is 28.3. The second-order valence-electron chi connectivity index (χ2n) is 6.23. The number of nitrogens with zero attached hydrogens (tertiary/aromatic N) is 4. The smallest absolute Gasteiger partial charge is 0.289 e. The predicted octanol–water partition coefficient (Wildman–Crippen LogP) is 2.33. The summed E-state index contributed by atoms with van der Waals surface area (Å²) in [5.74, 6) is -0.0107. The second kappa shape index (κ2) is 7.41. The maximum Gasteiger partial charge on any atom is 0.289 e. The van der Waals surface area contributed by atoms with Gasteiger partial charge in [-0.3, -0.25) is 9.59 Å². The van der Waals surface area contributed by atoms with Gasteiger partial charge in [-0.1, -0.05) is 30.3 Å². The minimum Gasteiger partial charge on any atom is -0.459 e. The summed E-state index contributed by atoms with van der Waals surface area (Å²) in [6, 6.07) is 16.5. The molecule has 3 aromatic rings. The first kappa shape index (κ1) is 17.0. The largest absolute Gasteiger partial charge is 0.459 e. The number of carbonyl (C=O) groups excluding carboxylic acids is 2. The minimum atomic E-state index is -0.174. The van der Waals surface area contributed by atoms with Crippen molar-refractivity contribution < 1.29 is 14.0 Å². The molecule has 4 rings (SSSR count). The molecule has 1 fully saturated rings. The number of benzene rings is 1. The average molecular weight is 362 g/mol. The van der Waals surface area contributed by atoms with E-state index in [2.05, 4.69) is 10.2 Å². The molecule has 2 amide bonds. The average Bonchev–Trinajstić information content (AvgIpc) is 3.28. The Hall–Kier alpha value is -3.48. The normalized spacial score (nSPS) is 14.2. The van der Waals surface area contributed by atoms with Crippen LogP contribution >= 0.6 is 0 Å². The highest BCUT2D eigenvalue weighted by Gasteiger charge is 2.27. The van der Waals surface area contributed by atoms with Crippen molar-refractivity contribution in [1.82, 2.24) is 20.0 Å². The molecule has 136 valence electrons. The molecule has 0 aliphatic carbocycles. The van der Waals surface area contributed by atoms with E-state index in [0.29, 0.717) is 37.6 Å². The molecule has 1 aliphatic heterocycles. The fraction of sp³-hybridized carbons (Fsp3) is 0.200. The van der Waals surface area contributed by atoms with Crippen LogP contribution in [-0.4, -0.2) is 58.0 Å². The van der Waals surface area contributed by atoms with E-state index in [4.69, 9.17) is 4.42 Å². The summed E-state index contributed by atoms with van der Waals surface area (Å²) in [6.45, 7) is 1.82. The van der Waals surface area contributed by atoms with Gasteiger partial charge in [-0.25, -0.2) is 0 Å². The molecule has 0 N–H and O–H groups in total. The first-order valence-electron chi connectivity index (χ1n) is 8.73. The SMILES string of the molecule is O=C(c1ccc(-c2ccccc2)nn1)N1CCN(C(=O)c2ccco2)CC1. The number of rotatable bonds is 3. The fourth-order valence-electron chi connectivity index (χ4n) is 3.04. The highest BCUT2D eigenvalue weighted by Crippen LogP contribution is 2.16. The van der Waals surface area contributed by atoms with Crippen molar-refractivity contribution in [1.29, 1.82) is 0 Å². The Morgan fingerprint density at radius 2 is 1.48 bits per heavy atom. The van der Waals surface area contributed by atoms with E-state index in [1.54, 1.807) is 34.1 Å². The molecule has 0 radical (unpaired) electrons. The van der Waals surface area contributed by atoms with Crippen LogP contribution in [0.2, 0.25) is 0 Å². The molecule has 1 aliphatic rings. The standard InChI is InChI=1S/C20H18N4O3/c25-19(17-9-8-16(21-22-17)15-5-2-1-3-6-15)23-10-12-24(13-11-23)20(26)18-7-4-14-27-18/h1-9,14H,10-13H2. The molecule has 1 saturated heterocycles. The fourth-order valence-corrected chi connectivity index (χ4v) is 3.04. The van der Waals surface area contributed by atoms with Crippen LogP contribution < -0.4 is 0 Å². The Kier molecular flexibility index (Phi) is 4.65. The molecule has 1 aromatic carbocycles. The molecule has 2 aromatic heterocycles. The summed E-state index contributed by atoms with van der Waals surface area (Å²) >= 11 is 0. The van der Waals surface area contributed by atoms with Gasteiger partial charge in [-0.2, -0.15) is 0 Å². The molecular formula is C20H18N4O3. The summed E-state index contributed by atoms with van der Waals surface area (Å²) < 4.78 is 5.15. The Bertz CT molecular complexity index is 916. The number of carbonyl (C=O) groups is 2. The first-order chi connectivity index (χ1) is 13.2. The predicted molar refractivity (Wildman–Crippen MR) is 98.0 cm³/mol. The second-order valence-corrected chi connectivity index (χ2v) is 6.23. The monoisotopic (exact) mass is 362 g/mol. The summed E-state index contributed by atoms with van der Waals surface area (Å²) in [6.07, 6.45) is 1.48. The highest BCUT2D eigenvalue weighted by molar-refractivity contribution is 5.93. The van der Waals surface area contributed by atoms with E-state index in [1.165, 1.54) is 6.26 Å². The molecule has 0 atom stereocenters. The van der Waals surface area contributed by atoms with Gasteiger partial charge in [0.1, 0.15) is 0 Å². The van der Waals surface area contributed by atoms with E-state index >= 15 is 0 Å². The Morgan fingerprint density at radius 3 is 2.07 bits per heavy atom. The zero-order valence-electron chi connectivity index (χ0n) is 14.6. The number of aromatic nitrogens is 2. The lowest BCUT2D eigenvalue weighted by molar-refractivity contribution is 0.0514. The van der Waals surface area contributed by atoms with Gasteiger partial charge in [0, 0.05) is 31.7 Å². The van der Waals surface area contributed by atoms with Crippen LogP contribution in [0.5, 0.6) is 0 Å². The van der Waals surface area contributed by atoms with Gasteiger partial charge < -0.3 is 14.2 Å². The van der Waals surface area contributed by atoms with Gasteiger partial charge in [0.15, 0.2) is 11.5 Å². The van der Waals surface area contributed by atoms with E-state index in [9.17, 15) is 9.59 Å². The van der Waals surface area contributed by atoms with Gasteiger partial charge in [-0.05, 0) is 24.3 Å². The number of piperazine rings is 1. The maximum absolute atomic E-state index is 12.7. The first-order valence-corrected chi connectivity index (χ1v) is 8.73. The molecule has 7 nitrogen and oxygen atoms in total. The van der Waals surface area contributed by atoms with E-state index in [1.807, 2.05) is 30.3 Å².